The van der Waals surface area contributed by atoms with Crippen LogP contribution < -0.4 is 5.32 Å². The van der Waals surface area contributed by atoms with E-state index in [2.05, 4.69) is 49.7 Å². The molecule has 0 saturated heterocycles. The molecule has 6 heteroatoms. The SMILES string of the molecule is CCCNC(Cc1c(Br)c(CC)nn1C)c1nccn1C. The maximum Gasteiger partial charge on any atom is 0.125 e. The first-order valence-corrected chi connectivity index (χ1v) is 8.28. The van der Waals surface area contributed by atoms with Crippen molar-refractivity contribution in [1.29, 1.82) is 0 Å². The van der Waals surface area contributed by atoms with Crippen LogP contribution >= 0.6 is 15.9 Å². The second-order valence-electron chi connectivity index (χ2n) is 5.29. The molecule has 1 unspecified atom stereocenters. The van der Waals surface area contributed by atoms with Gasteiger partial charge < -0.3 is 9.88 Å². The van der Waals surface area contributed by atoms with Crippen LogP contribution in [-0.2, 0) is 26.9 Å². The van der Waals surface area contributed by atoms with E-state index in [1.54, 1.807) is 0 Å². The summed E-state index contributed by atoms with van der Waals surface area (Å²) in [5.41, 5.74) is 2.32. The number of halogens is 1. The van der Waals surface area contributed by atoms with Crippen LogP contribution in [0.4, 0.5) is 0 Å². The van der Waals surface area contributed by atoms with Gasteiger partial charge in [0.25, 0.3) is 0 Å². The Balaban J connectivity index is 2.27. The standard InChI is InChI=1S/C15H24BrN5/c1-5-7-17-12(15-18-8-9-20(15)3)10-13-14(16)11(6-2)19-21(13)4/h8-9,12,17H,5-7,10H2,1-4H3. The minimum atomic E-state index is 0.196. The highest BCUT2D eigenvalue weighted by Crippen LogP contribution is 2.26. The molecule has 0 fully saturated rings. The molecule has 0 amide bonds. The summed E-state index contributed by atoms with van der Waals surface area (Å²) in [6, 6.07) is 0.196. The molecule has 1 N–H and O–H groups in total. The molecule has 2 rings (SSSR count). The first-order chi connectivity index (χ1) is 10.1. The van der Waals surface area contributed by atoms with Crippen LogP contribution in [0.25, 0.3) is 0 Å². The zero-order valence-corrected chi connectivity index (χ0v) is 14.8. The van der Waals surface area contributed by atoms with E-state index >= 15 is 0 Å². The molecular formula is C15H24BrN5. The fraction of sp³-hybridized carbons (Fsp3) is 0.600. The summed E-state index contributed by atoms with van der Waals surface area (Å²) >= 11 is 3.70. The van der Waals surface area contributed by atoms with Gasteiger partial charge in [-0.15, -0.1) is 0 Å². The number of imidazole rings is 1. The van der Waals surface area contributed by atoms with Crippen LogP contribution in [-0.4, -0.2) is 25.9 Å². The van der Waals surface area contributed by atoms with Crippen LogP contribution in [0.3, 0.4) is 0 Å². The van der Waals surface area contributed by atoms with Crippen molar-refractivity contribution in [3.8, 4) is 0 Å². The minimum Gasteiger partial charge on any atom is -0.337 e. The first kappa shape index (κ1) is 16.2. The first-order valence-electron chi connectivity index (χ1n) is 7.49. The summed E-state index contributed by atoms with van der Waals surface area (Å²) in [5.74, 6) is 1.06. The topological polar surface area (TPSA) is 47.7 Å². The Morgan fingerprint density at radius 3 is 2.62 bits per heavy atom. The van der Waals surface area contributed by atoms with Gasteiger partial charge in [0.15, 0.2) is 0 Å². The average molecular weight is 354 g/mol. The third-order valence-corrected chi connectivity index (χ3v) is 4.63. The number of hydrogen-bond donors (Lipinski definition) is 1. The highest BCUT2D eigenvalue weighted by Gasteiger charge is 2.21. The van der Waals surface area contributed by atoms with Crippen LogP contribution in [0.5, 0.6) is 0 Å². The lowest BCUT2D eigenvalue weighted by atomic mass is 10.1. The van der Waals surface area contributed by atoms with E-state index in [1.165, 1.54) is 5.69 Å². The molecule has 116 valence electrons. The zero-order chi connectivity index (χ0) is 15.4. The maximum absolute atomic E-state index is 4.58. The molecule has 0 aliphatic heterocycles. The third kappa shape index (κ3) is 3.55. The van der Waals surface area contributed by atoms with E-state index in [9.17, 15) is 0 Å². The van der Waals surface area contributed by atoms with Gasteiger partial charge in [0.2, 0.25) is 0 Å². The van der Waals surface area contributed by atoms with Crippen LogP contribution in [0.1, 0.15) is 43.5 Å². The van der Waals surface area contributed by atoms with E-state index in [1.807, 2.05) is 31.2 Å². The summed E-state index contributed by atoms with van der Waals surface area (Å²) in [6.45, 7) is 5.29. The van der Waals surface area contributed by atoms with Crippen molar-refractivity contribution in [1.82, 2.24) is 24.6 Å². The maximum atomic E-state index is 4.58. The second kappa shape index (κ2) is 7.22. The summed E-state index contributed by atoms with van der Waals surface area (Å²) in [5, 5.41) is 8.18. The molecule has 2 aromatic rings. The van der Waals surface area contributed by atoms with Crippen molar-refractivity contribution >= 4 is 15.9 Å². The summed E-state index contributed by atoms with van der Waals surface area (Å²) < 4.78 is 5.19. The number of aromatic nitrogens is 4. The highest BCUT2D eigenvalue weighted by molar-refractivity contribution is 9.10. The number of rotatable bonds is 7. The van der Waals surface area contributed by atoms with Gasteiger partial charge in [-0.1, -0.05) is 13.8 Å². The molecular weight excluding hydrogens is 330 g/mol. The van der Waals surface area contributed by atoms with Crippen molar-refractivity contribution < 1.29 is 0 Å². The quantitative estimate of drug-likeness (QED) is 0.832. The Bertz CT molecular complexity index is 587. The van der Waals surface area contributed by atoms with Crippen molar-refractivity contribution in [3.63, 3.8) is 0 Å². The second-order valence-corrected chi connectivity index (χ2v) is 6.08. The zero-order valence-electron chi connectivity index (χ0n) is 13.2. The van der Waals surface area contributed by atoms with E-state index in [4.69, 9.17) is 0 Å². The van der Waals surface area contributed by atoms with Crippen LogP contribution in [0, 0.1) is 0 Å². The Labute approximate surface area is 134 Å². The fourth-order valence-corrected chi connectivity index (χ4v) is 3.30. The molecule has 0 bridgehead atoms. The Hall–Kier alpha value is -1.14. The average Bonchev–Trinajstić information content (AvgIpc) is 3.00. The number of nitrogens with one attached hydrogen (secondary N) is 1. The van der Waals surface area contributed by atoms with Gasteiger partial charge in [0.05, 0.1) is 21.9 Å². The summed E-state index contributed by atoms with van der Waals surface area (Å²) in [4.78, 5) is 4.51. The molecule has 0 radical (unpaired) electrons. The van der Waals surface area contributed by atoms with Gasteiger partial charge >= 0.3 is 0 Å². The molecule has 0 aliphatic carbocycles. The normalized spacial score (nSPS) is 12.8. The van der Waals surface area contributed by atoms with Crippen molar-refractivity contribution in [2.75, 3.05) is 6.54 Å². The van der Waals surface area contributed by atoms with Gasteiger partial charge in [0.1, 0.15) is 5.82 Å². The number of hydrogen-bond acceptors (Lipinski definition) is 3. The predicted molar refractivity (Wildman–Crippen MR) is 88.2 cm³/mol. The Morgan fingerprint density at radius 2 is 2.10 bits per heavy atom. The molecule has 0 saturated carbocycles. The molecule has 2 heterocycles. The third-order valence-electron chi connectivity index (χ3n) is 3.71. The summed E-state index contributed by atoms with van der Waals surface area (Å²) in [7, 11) is 4.05. The van der Waals surface area contributed by atoms with Crippen molar-refractivity contribution in [2.24, 2.45) is 14.1 Å². The van der Waals surface area contributed by atoms with Gasteiger partial charge in [0, 0.05) is 32.9 Å². The van der Waals surface area contributed by atoms with Gasteiger partial charge in [-0.05, 0) is 35.3 Å². The van der Waals surface area contributed by atoms with E-state index < -0.39 is 0 Å². The number of aryl methyl sites for hydroxylation is 3. The Kier molecular flexibility index (Phi) is 5.58. The van der Waals surface area contributed by atoms with Crippen molar-refractivity contribution in [2.45, 2.75) is 39.2 Å². The van der Waals surface area contributed by atoms with E-state index in [0.717, 1.165) is 41.8 Å². The van der Waals surface area contributed by atoms with Gasteiger partial charge in [-0.2, -0.15) is 5.10 Å². The highest BCUT2D eigenvalue weighted by atomic mass is 79.9. The minimum absolute atomic E-state index is 0.196. The lowest BCUT2D eigenvalue weighted by molar-refractivity contribution is 0.478. The van der Waals surface area contributed by atoms with Gasteiger partial charge in [-0.25, -0.2) is 4.98 Å². The fourth-order valence-electron chi connectivity index (χ4n) is 2.52. The molecule has 2 aromatic heterocycles. The summed E-state index contributed by atoms with van der Waals surface area (Å²) in [6.07, 6.45) is 6.75. The molecule has 0 aliphatic rings. The molecule has 21 heavy (non-hydrogen) atoms. The molecule has 5 nitrogen and oxygen atoms in total. The molecule has 0 aromatic carbocycles. The number of nitrogens with zero attached hydrogens (tertiary/aromatic N) is 4. The van der Waals surface area contributed by atoms with E-state index in [-0.39, 0.29) is 6.04 Å². The predicted octanol–water partition coefficient (Wildman–Crippen LogP) is 2.76. The van der Waals surface area contributed by atoms with E-state index in [0.29, 0.717) is 0 Å². The largest absolute Gasteiger partial charge is 0.337 e. The molecule has 1 atom stereocenters. The molecule has 0 spiro atoms. The Morgan fingerprint density at radius 1 is 1.33 bits per heavy atom. The monoisotopic (exact) mass is 353 g/mol. The van der Waals surface area contributed by atoms with Crippen LogP contribution in [0.15, 0.2) is 16.9 Å². The van der Waals surface area contributed by atoms with Crippen molar-refractivity contribution in [3.05, 3.63) is 34.1 Å². The van der Waals surface area contributed by atoms with Crippen LogP contribution in [0.2, 0.25) is 0 Å². The smallest absolute Gasteiger partial charge is 0.125 e. The lowest BCUT2D eigenvalue weighted by Gasteiger charge is -2.18. The van der Waals surface area contributed by atoms with Gasteiger partial charge in [-0.3, -0.25) is 4.68 Å². The lowest BCUT2D eigenvalue weighted by Crippen LogP contribution is -2.27.